The lowest BCUT2D eigenvalue weighted by Crippen LogP contribution is -2.35. The van der Waals surface area contributed by atoms with Crippen LogP contribution in [0.2, 0.25) is 5.02 Å². The number of hydrogen-bond donors (Lipinski definition) is 1. The van der Waals surface area contributed by atoms with Gasteiger partial charge in [-0.1, -0.05) is 17.7 Å². The minimum atomic E-state index is -4.53. The summed E-state index contributed by atoms with van der Waals surface area (Å²) in [5.74, 6) is 0.760. The number of rotatable bonds is 5. The van der Waals surface area contributed by atoms with Gasteiger partial charge < -0.3 is 10.2 Å². The molecule has 2 aromatic heterocycles. The number of nitrogens with zero attached hydrogens (tertiary/aromatic N) is 4. The Kier molecular flexibility index (Phi) is 5.43. The van der Waals surface area contributed by atoms with E-state index in [-0.39, 0.29) is 17.3 Å². The molecule has 1 aliphatic heterocycles. The van der Waals surface area contributed by atoms with Gasteiger partial charge in [0.15, 0.2) is 5.82 Å². The number of nitrogens with one attached hydrogen (secondary N) is 1. The highest BCUT2D eigenvalue weighted by Crippen LogP contribution is 2.56. The number of anilines is 2. The average Bonchev–Trinajstić information content (AvgIpc) is 3.44. The molecule has 1 radical (unpaired) electrons. The lowest BCUT2D eigenvalue weighted by atomic mass is 10.0. The fourth-order valence-electron chi connectivity index (χ4n) is 4.57. The van der Waals surface area contributed by atoms with Crippen molar-refractivity contribution in [3.8, 4) is 11.4 Å². The van der Waals surface area contributed by atoms with E-state index in [2.05, 4.69) is 37.3 Å². The van der Waals surface area contributed by atoms with Crippen molar-refractivity contribution >= 4 is 23.1 Å². The van der Waals surface area contributed by atoms with E-state index in [0.29, 0.717) is 12.4 Å². The van der Waals surface area contributed by atoms with Gasteiger partial charge in [-0.05, 0) is 61.4 Å². The van der Waals surface area contributed by atoms with Crippen LogP contribution in [0.25, 0.3) is 11.4 Å². The van der Waals surface area contributed by atoms with E-state index in [1.807, 2.05) is 13.0 Å². The predicted octanol–water partition coefficient (Wildman–Crippen LogP) is 5.79. The molecule has 1 spiro atoms. The van der Waals surface area contributed by atoms with Crippen molar-refractivity contribution in [2.24, 2.45) is 5.41 Å². The van der Waals surface area contributed by atoms with Crippen LogP contribution >= 0.6 is 11.6 Å². The number of pyridine rings is 1. The number of halogens is 4. The minimum Gasteiger partial charge on any atom is -0.368 e. The van der Waals surface area contributed by atoms with Crippen LogP contribution in [0.15, 0.2) is 42.9 Å². The van der Waals surface area contributed by atoms with Gasteiger partial charge in [0.05, 0.1) is 16.1 Å². The van der Waals surface area contributed by atoms with Crippen molar-refractivity contribution in [2.75, 3.05) is 23.3 Å². The zero-order valence-corrected chi connectivity index (χ0v) is 18.7. The molecule has 5 nitrogen and oxygen atoms in total. The Hall–Kier alpha value is -2.87. The number of alkyl halides is 3. The minimum absolute atomic E-state index is 0.0805. The normalized spacial score (nSPS) is 19.2. The summed E-state index contributed by atoms with van der Waals surface area (Å²) in [4.78, 5) is 15.2. The molecule has 2 aliphatic rings. The predicted molar refractivity (Wildman–Crippen MR) is 121 cm³/mol. The molecule has 171 valence electrons. The Bertz CT molecular complexity index is 1160. The third kappa shape index (κ3) is 4.49. The van der Waals surface area contributed by atoms with E-state index in [1.165, 1.54) is 0 Å². The molecule has 33 heavy (non-hydrogen) atoms. The lowest BCUT2D eigenvalue weighted by molar-refractivity contribution is -0.137. The Balaban J connectivity index is 1.43. The van der Waals surface area contributed by atoms with Gasteiger partial charge in [0.1, 0.15) is 5.82 Å². The highest BCUT2D eigenvalue weighted by molar-refractivity contribution is 6.31. The second-order valence-electron chi connectivity index (χ2n) is 8.92. The van der Waals surface area contributed by atoms with Crippen LogP contribution in [0.5, 0.6) is 0 Å². The van der Waals surface area contributed by atoms with E-state index in [9.17, 15) is 13.2 Å². The molecule has 3 heterocycles. The van der Waals surface area contributed by atoms with E-state index >= 15 is 0 Å². The summed E-state index contributed by atoms with van der Waals surface area (Å²) >= 11 is 5.71. The zero-order chi connectivity index (χ0) is 23.2. The quantitative estimate of drug-likeness (QED) is 0.509. The molecule has 1 saturated heterocycles. The third-order valence-electron chi connectivity index (χ3n) is 6.42. The van der Waals surface area contributed by atoms with Crippen LogP contribution < -0.4 is 10.2 Å². The van der Waals surface area contributed by atoms with Gasteiger partial charge in [0.2, 0.25) is 0 Å². The van der Waals surface area contributed by atoms with Gasteiger partial charge in [-0.15, -0.1) is 0 Å². The molecule has 0 unspecified atom stereocenters. The molecule has 0 bridgehead atoms. The molecule has 1 saturated carbocycles. The first-order valence-corrected chi connectivity index (χ1v) is 11.1. The first-order chi connectivity index (χ1) is 15.7. The Morgan fingerprint density at radius 1 is 1.21 bits per heavy atom. The van der Waals surface area contributed by atoms with Crippen LogP contribution in [0.1, 0.15) is 30.4 Å². The second kappa shape index (κ2) is 8.17. The average molecular weight is 473 g/mol. The van der Waals surface area contributed by atoms with E-state index in [4.69, 9.17) is 11.6 Å². The maximum Gasteiger partial charge on any atom is 0.418 e. The number of aromatic nitrogens is 3. The third-order valence-corrected chi connectivity index (χ3v) is 6.72. The Morgan fingerprint density at radius 3 is 2.67 bits per heavy atom. The first kappa shape index (κ1) is 21.9. The van der Waals surface area contributed by atoms with Crippen molar-refractivity contribution in [3.63, 3.8) is 0 Å². The summed E-state index contributed by atoms with van der Waals surface area (Å²) in [6, 6.07) is 10.2. The van der Waals surface area contributed by atoms with Crippen LogP contribution in [-0.2, 0) is 6.18 Å². The van der Waals surface area contributed by atoms with Gasteiger partial charge in [-0.3, -0.25) is 0 Å². The smallest absolute Gasteiger partial charge is 0.368 e. The SMILES string of the molecule is Cc1c[c]c(-c2ncccn2)c(N2CC3(CC3)C[C@H]2CNc2cc(C(F)(F)F)c(Cl)cn2)c1. The van der Waals surface area contributed by atoms with E-state index < -0.39 is 16.8 Å². The highest BCUT2D eigenvalue weighted by Gasteiger charge is 2.52. The summed E-state index contributed by atoms with van der Waals surface area (Å²) in [6.45, 7) is 3.36. The zero-order valence-electron chi connectivity index (χ0n) is 18.0. The van der Waals surface area contributed by atoms with Gasteiger partial charge >= 0.3 is 6.18 Å². The molecule has 2 fully saturated rings. The molecular formula is C24H22ClF3N5. The van der Waals surface area contributed by atoms with Crippen molar-refractivity contribution in [2.45, 2.75) is 38.4 Å². The van der Waals surface area contributed by atoms with Crippen LogP contribution in [0.3, 0.4) is 0 Å². The number of hydrogen-bond acceptors (Lipinski definition) is 5. The number of aryl methyl sites for hydroxylation is 1. The molecule has 1 aromatic carbocycles. The maximum atomic E-state index is 13.2. The molecule has 1 aliphatic carbocycles. The summed E-state index contributed by atoms with van der Waals surface area (Å²) in [5.41, 5.74) is 2.27. The summed E-state index contributed by atoms with van der Waals surface area (Å²) in [5, 5.41) is 2.71. The summed E-state index contributed by atoms with van der Waals surface area (Å²) in [6.07, 6.45) is 3.19. The van der Waals surface area contributed by atoms with Gasteiger partial charge in [-0.25, -0.2) is 15.0 Å². The van der Waals surface area contributed by atoms with Gasteiger partial charge in [-0.2, -0.15) is 13.2 Å². The molecule has 9 heteroatoms. The van der Waals surface area contributed by atoms with Crippen LogP contribution in [-0.4, -0.2) is 34.1 Å². The van der Waals surface area contributed by atoms with Crippen molar-refractivity contribution in [1.29, 1.82) is 0 Å². The highest BCUT2D eigenvalue weighted by atomic mass is 35.5. The second-order valence-corrected chi connectivity index (χ2v) is 9.33. The molecule has 3 aromatic rings. The van der Waals surface area contributed by atoms with E-state index in [1.54, 1.807) is 18.5 Å². The topological polar surface area (TPSA) is 53.9 Å². The van der Waals surface area contributed by atoms with Crippen molar-refractivity contribution < 1.29 is 13.2 Å². The van der Waals surface area contributed by atoms with Crippen LogP contribution in [0.4, 0.5) is 24.7 Å². The largest absolute Gasteiger partial charge is 0.418 e. The maximum absolute atomic E-state index is 13.2. The Morgan fingerprint density at radius 2 is 1.97 bits per heavy atom. The van der Waals surface area contributed by atoms with Crippen molar-refractivity contribution in [3.05, 3.63) is 65.1 Å². The number of benzene rings is 1. The standard InChI is InChI=1S/C24H22ClF3N5/c1-15-3-4-17(22-29-7-2-8-30-22)20(9-15)33-14-23(5-6-23)11-16(33)12-31-21-10-18(24(26,27)28)19(25)13-32-21/h2-3,7-10,13,16H,5-6,11-12,14H2,1H3,(H,31,32)/t16-/m0/s1. The monoisotopic (exact) mass is 472 g/mol. The van der Waals surface area contributed by atoms with E-state index in [0.717, 1.165) is 54.9 Å². The van der Waals surface area contributed by atoms with Crippen molar-refractivity contribution in [1.82, 2.24) is 15.0 Å². The molecule has 5 rings (SSSR count). The summed E-state index contributed by atoms with van der Waals surface area (Å²) in [7, 11) is 0. The van der Waals surface area contributed by atoms with Gasteiger partial charge in [0.25, 0.3) is 0 Å². The molecule has 1 N–H and O–H groups in total. The Labute approximate surface area is 195 Å². The van der Waals surface area contributed by atoms with Gasteiger partial charge in [0, 0.05) is 43.4 Å². The molecule has 0 amide bonds. The molecule has 1 atom stereocenters. The fraction of sp³-hybridized carbons (Fsp3) is 0.375. The van der Waals surface area contributed by atoms with Crippen LogP contribution in [0, 0.1) is 18.4 Å². The first-order valence-electron chi connectivity index (χ1n) is 10.8. The summed E-state index contributed by atoms with van der Waals surface area (Å²) < 4.78 is 39.7. The molecular weight excluding hydrogens is 451 g/mol. The fourth-order valence-corrected chi connectivity index (χ4v) is 4.78. The lowest BCUT2D eigenvalue weighted by Gasteiger charge is -2.29.